The number of methoxy groups -OCH3 is 1. The molecule has 0 aliphatic carbocycles. The zero-order valence-corrected chi connectivity index (χ0v) is 10.9. The van der Waals surface area contributed by atoms with Crippen LogP contribution in [0.1, 0.15) is 19.8 Å². The summed E-state index contributed by atoms with van der Waals surface area (Å²) in [5.74, 6) is 0.612. The molecule has 96 valence electrons. The van der Waals surface area contributed by atoms with E-state index >= 15 is 0 Å². The van der Waals surface area contributed by atoms with Crippen LogP contribution in [0.5, 0.6) is 6.01 Å². The summed E-state index contributed by atoms with van der Waals surface area (Å²) in [4.78, 5) is 10.1. The highest BCUT2D eigenvalue weighted by Gasteiger charge is 2.13. The molecule has 0 saturated carbocycles. The van der Waals surface area contributed by atoms with Crippen molar-refractivity contribution in [2.24, 2.45) is 0 Å². The standard InChI is InChI=1S/C11H18ClN3O2/c1-3-4-5-15(6-7-16)10-9(12)8-13-11(14-10)17-2/h8,16H,3-7H2,1-2H3. The van der Waals surface area contributed by atoms with Crippen LogP contribution in [0.15, 0.2) is 6.20 Å². The summed E-state index contributed by atoms with van der Waals surface area (Å²) in [5.41, 5.74) is 0. The summed E-state index contributed by atoms with van der Waals surface area (Å²) < 4.78 is 4.97. The number of hydrogen-bond donors (Lipinski definition) is 1. The van der Waals surface area contributed by atoms with Crippen molar-refractivity contribution in [1.29, 1.82) is 0 Å². The van der Waals surface area contributed by atoms with Crippen LogP contribution < -0.4 is 9.64 Å². The van der Waals surface area contributed by atoms with Crippen molar-refractivity contribution < 1.29 is 9.84 Å². The van der Waals surface area contributed by atoms with Gasteiger partial charge in [0.2, 0.25) is 0 Å². The van der Waals surface area contributed by atoms with Gasteiger partial charge in [0, 0.05) is 13.1 Å². The van der Waals surface area contributed by atoms with E-state index < -0.39 is 0 Å². The van der Waals surface area contributed by atoms with Gasteiger partial charge in [0.25, 0.3) is 0 Å². The molecule has 0 aliphatic rings. The lowest BCUT2D eigenvalue weighted by Gasteiger charge is -2.23. The highest BCUT2D eigenvalue weighted by Crippen LogP contribution is 2.24. The van der Waals surface area contributed by atoms with Crippen LogP contribution in [0.3, 0.4) is 0 Å². The van der Waals surface area contributed by atoms with Gasteiger partial charge < -0.3 is 14.7 Å². The second kappa shape index (κ2) is 7.29. The van der Waals surface area contributed by atoms with E-state index in [1.165, 1.54) is 13.3 Å². The molecule has 1 aromatic rings. The van der Waals surface area contributed by atoms with E-state index in [0.29, 0.717) is 17.4 Å². The Hall–Kier alpha value is -1.07. The minimum Gasteiger partial charge on any atom is -0.467 e. The van der Waals surface area contributed by atoms with Crippen molar-refractivity contribution in [2.75, 3.05) is 31.7 Å². The number of ether oxygens (including phenoxy) is 1. The van der Waals surface area contributed by atoms with E-state index in [1.807, 2.05) is 4.90 Å². The number of nitrogens with zero attached hydrogens (tertiary/aromatic N) is 3. The van der Waals surface area contributed by atoms with E-state index in [0.717, 1.165) is 19.4 Å². The van der Waals surface area contributed by atoms with Crippen LogP contribution >= 0.6 is 11.6 Å². The number of aliphatic hydroxyl groups excluding tert-OH is 1. The number of aromatic nitrogens is 2. The maximum Gasteiger partial charge on any atom is 0.318 e. The van der Waals surface area contributed by atoms with Gasteiger partial charge in [0.15, 0.2) is 5.82 Å². The van der Waals surface area contributed by atoms with Crippen molar-refractivity contribution in [2.45, 2.75) is 19.8 Å². The lowest BCUT2D eigenvalue weighted by atomic mass is 10.3. The molecule has 0 amide bonds. The van der Waals surface area contributed by atoms with Crippen molar-refractivity contribution in [1.82, 2.24) is 9.97 Å². The molecular formula is C11H18ClN3O2. The third-order valence-corrected chi connectivity index (χ3v) is 2.60. The summed E-state index contributed by atoms with van der Waals surface area (Å²) in [5, 5.41) is 9.52. The van der Waals surface area contributed by atoms with Gasteiger partial charge in [-0.2, -0.15) is 4.98 Å². The Morgan fingerprint density at radius 1 is 1.47 bits per heavy atom. The molecule has 0 radical (unpaired) electrons. The zero-order valence-electron chi connectivity index (χ0n) is 10.2. The van der Waals surface area contributed by atoms with E-state index in [-0.39, 0.29) is 12.6 Å². The number of halogens is 1. The summed E-state index contributed by atoms with van der Waals surface area (Å²) in [7, 11) is 1.51. The quantitative estimate of drug-likeness (QED) is 0.808. The first kappa shape index (κ1) is 14.0. The van der Waals surface area contributed by atoms with Crippen LogP contribution in [0.25, 0.3) is 0 Å². The Kier molecular flexibility index (Phi) is 6.00. The van der Waals surface area contributed by atoms with E-state index in [4.69, 9.17) is 21.4 Å². The van der Waals surface area contributed by atoms with Gasteiger partial charge in [-0.1, -0.05) is 24.9 Å². The number of anilines is 1. The second-order valence-corrected chi connectivity index (χ2v) is 4.00. The molecule has 1 N–H and O–H groups in total. The maximum absolute atomic E-state index is 9.06. The third-order valence-electron chi connectivity index (χ3n) is 2.34. The molecule has 17 heavy (non-hydrogen) atoms. The molecular weight excluding hydrogens is 242 g/mol. The molecule has 1 rings (SSSR count). The fourth-order valence-electron chi connectivity index (χ4n) is 1.46. The first-order chi connectivity index (χ1) is 8.22. The molecule has 0 bridgehead atoms. The fraction of sp³-hybridized carbons (Fsp3) is 0.636. The van der Waals surface area contributed by atoms with Crippen LogP contribution in [-0.4, -0.2) is 41.9 Å². The van der Waals surface area contributed by atoms with Gasteiger partial charge in [0.05, 0.1) is 19.9 Å². The molecule has 0 unspecified atom stereocenters. The van der Waals surface area contributed by atoms with Gasteiger partial charge in [-0.05, 0) is 6.42 Å². The first-order valence-corrected chi connectivity index (χ1v) is 6.03. The molecule has 5 nitrogen and oxygen atoms in total. The van der Waals surface area contributed by atoms with Crippen molar-refractivity contribution in [3.8, 4) is 6.01 Å². The predicted molar refractivity (Wildman–Crippen MR) is 67.8 cm³/mol. The Morgan fingerprint density at radius 3 is 2.82 bits per heavy atom. The molecule has 0 fully saturated rings. The second-order valence-electron chi connectivity index (χ2n) is 3.59. The third kappa shape index (κ3) is 4.02. The Labute approximate surface area is 106 Å². The minimum atomic E-state index is 0.0619. The van der Waals surface area contributed by atoms with Gasteiger partial charge in [-0.3, -0.25) is 0 Å². The highest BCUT2D eigenvalue weighted by atomic mass is 35.5. The lowest BCUT2D eigenvalue weighted by molar-refractivity contribution is 0.301. The van der Waals surface area contributed by atoms with Gasteiger partial charge in [-0.25, -0.2) is 4.98 Å². The first-order valence-electron chi connectivity index (χ1n) is 5.65. The van der Waals surface area contributed by atoms with Crippen molar-refractivity contribution >= 4 is 17.4 Å². The molecule has 0 saturated heterocycles. The molecule has 0 aromatic carbocycles. The topological polar surface area (TPSA) is 58.5 Å². The fourth-order valence-corrected chi connectivity index (χ4v) is 1.67. The monoisotopic (exact) mass is 259 g/mol. The SMILES string of the molecule is CCCCN(CCO)c1nc(OC)ncc1Cl. The largest absolute Gasteiger partial charge is 0.467 e. The Bertz CT molecular complexity index is 349. The highest BCUT2D eigenvalue weighted by molar-refractivity contribution is 6.32. The number of hydrogen-bond acceptors (Lipinski definition) is 5. The normalized spacial score (nSPS) is 10.4. The average molecular weight is 260 g/mol. The number of aliphatic hydroxyl groups is 1. The summed E-state index contributed by atoms with van der Waals surface area (Å²) in [6.07, 6.45) is 3.60. The molecule has 0 atom stereocenters. The number of unbranched alkanes of at least 4 members (excludes halogenated alkanes) is 1. The molecule has 0 spiro atoms. The average Bonchev–Trinajstić information content (AvgIpc) is 2.35. The van der Waals surface area contributed by atoms with Gasteiger partial charge in [-0.15, -0.1) is 0 Å². The predicted octanol–water partition coefficient (Wildman–Crippen LogP) is 1.74. The smallest absolute Gasteiger partial charge is 0.318 e. The molecule has 1 heterocycles. The van der Waals surface area contributed by atoms with E-state index in [2.05, 4.69) is 16.9 Å². The zero-order chi connectivity index (χ0) is 12.7. The maximum atomic E-state index is 9.06. The van der Waals surface area contributed by atoms with Gasteiger partial charge >= 0.3 is 6.01 Å². The van der Waals surface area contributed by atoms with Crippen LogP contribution in [0.4, 0.5) is 5.82 Å². The molecule has 0 aliphatic heterocycles. The lowest BCUT2D eigenvalue weighted by Crippen LogP contribution is -2.29. The number of rotatable bonds is 7. The van der Waals surface area contributed by atoms with Crippen LogP contribution in [0, 0.1) is 0 Å². The Balaban J connectivity index is 2.90. The minimum absolute atomic E-state index is 0.0619. The summed E-state index contributed by atoms with van der Waals surface area (Å²) in [6, 6.07) is 0.281. The molecule has 6 heteroatoms. The Morgan fingerprint density at radius 2 is 2.24 bits per heavy atom. The van der Waals surface area contributed by atoms with Crippen molar-refractivity contribution in [3.05, 3.63) is 11.2 Å². The van der Waals surface area contributed by atoms with Crippen molar-refractivity contribution in [3.63, 3.8) is 0 Å². The van der Waals surface area contributed by atoms with Crippen LogP contribution in [0.2, 0.25) is 5.02 Å². The summed E-state index contributed by atoms with van der Waals surface area (Å²) >= 11 is 6.06. The van der Waals surface area contributed by atoms with E-state index in [9.17, 15) is 0 Å². The van der Waals surface area contributed by atoms with E-state index in [1.54, 1.807) is 0 Å². The molecule has 1 aromatic heterocycles. The van der Waals surface area contributed by atoms with Gasteiger partial charge in [0.1, 0.15) is 5.02 Å². The summed E-state index contributed by atoms with van der Waals surface area (Å²) in [6.45, 7) is 3.47. The van der Waals surface area contributed by atoms with Crippen LogP contribution in [-0.2, 0) is 0 Å².